The highest BCUT2D eigenvalue weighted by atomic mass is 32.1. The second-order valence-corrected chi connectivity index (χ2v) is 17.7. The van der Waals surface area contributed by atoms with E-state index in [-0.39, 0.29) is 58.4 Å². The third kappa shape index (κ3) is 7.84. The molecule has 1 saturated heterocycles. The summed E-state index contributed by atoms with van der Waals surface area (Å²) in [4.78, 5) is 35.7. The average Bonchev–Trinajstić information content (AvgIpc) is 3.56. The van der Waals surface area contributed by atoms with E-state index in [1.54, 1.807) is 16.2 Å². The second kappa shape index (κ2) is 13.5. The van der Waals surface area contributed by atoms with Crippen molar-refractivity contribution in [1.29, 1.82) is 0 Å². The molecule has 45 heavy (non-hydrogen) atoms. The fourth-order valence-electron chi connectivity index (χ4n) is 8.30. The number of likely N-dealkylation sites (tertiary alicyclic amines) is 1. The molecule has 6 atom stereocenters. The molecule has 3 unspecified atom stereocenters. The molecule has 6 nitrogen and oxygen atoms in total. The van der Waals surface area contributed by atoms with Gasteiger partial charge in [-0.25, -0.2) is 4.98 Å². The summed E-state index contributed by atoms with van der Waals surface area (Å²) in [5, 5.41) is 14.0. The third-order valence-electron chi connectivity index (χ3n) is 11.5. The van der Waals surface area contributed by atoms with Crippen molar-refractivity contribution < 1.29 is 14.7 Å². The number of aliphatic hydroxyl groups is 1. The Kier molecular flexibility index (Phi) is 10.7. The van der Waals surface area contributed by atoms with Gasteiger partial charge in [0.2, 0.25) is 11.8 Å². The first-order valence-electron chi connectivity index (χ1n) is 17.2. The van der Waals surface area contributed by atoms with Gasteiger partial charge in [0.05, 0.1) is 28.2 Å². The van der Waals surface area contributed by atoms with E-state index < -0.39 is 12.1 Å². The van der Waals surface area contributed by atoms with Gasteiger partial charge in [0.15, 0.2) is 0 Å². The minimum Gasteiger partial charge on any atom is -0.391 e. The van der Waals surface area contributed by atoms with Crippen LogP contribution < -0.4 is 5.32 Å². The van der Waals surface area contributed by atoms with Crippen LogP contribution in [0.15, 0.2) is 29.8 Å². The van der Waals surface area contributed by atoms with Crippen LogP contribution in [0.4, 0.5) is 0 Å². The number of aromatic nitrogens is 1. The van der Waals surface area contributed by atoms with E-state index in [9.17, 15) is 14.7 Å². The topological polar surface area (TPSA) is 82.5 Å². The lowest BCUT2D eigenvalue weighted by atomic mass is 9.60. The molecule has 1 aliphatic carbocycles. The molecule has 2 fully saturated rings. The number of hydrogen-bond donors (Lipinski definition) is 2. The largest absolute Gasteiger partial charge is 0.391 e. The number of aryl methyl sites for hydroxylation is 1. The number of β-amino-alcohol motifs (C(OH)–C–C–N with tert-alkyl or cyclic N) is 1. The van der Waals surface area contributed by atoms with Crippen LogP contribution in [-0.4, -0.2) is 45.5 Å². The summed E-state index contributed by atoms with van der Waals surface area (Å²) in [5.41, 5.74) is 5.03. The van der Waals surface area contributed by atoms with Gasteiger partial charge in [-0.3, -0.25) is 9.59 Å². The second-order valence-electron chi connectivity index (χ2n) is 16.8. The molecule has 2 amide bonds. The van der Waals surface area contributed by atoms with Crippen LogP contribution in [0.2, 0.25) is 0 Å². The lowest BCUT2D eigenvalue weighted by Crippen LogP contribution is -2.53. The average molecular weight is 638 g/mol. The SMILES string of the molecule is Cc1ncsc1-c1ccc([C@H](C)NC(=O)[C@@H]2C[C@@H](O)CN2C(=O)C(C(C)(C)C)C2(C)CCCCC(C)(C(C)(C)C)CCC2)cc1. The number of rotatable bonds is 6. The molecule has 2 aromatic rings. The van der Waals surface area contributed by atoms with Crippen molar-refractivity contribution in [2.75, 3.05) is 6.54 Å². The van der Waals surface area contributed by atoms with Crippen molar-refractivity contribution in [3.05, 3.63) is 41.0 Å². The molecule has 4 rings (SSSR count). The van der Waals surface area contributed by atoms with Crippen molar-refractivity contribution >= 4 is 23.2 Å². The zero-order chi connectivity index (χ0) is 33.4. The number of thiazole rings is 1. The zero-order valence-corrected chi connectivity index (χ0v) is 30.4. The maximum atomic E-state index is 14.7. The van der Waals surface area contributed by atoms with Gasteiger partial charge in [0, 0.05) is 18.9 Å². The van der Waals surface area contributed by atoms with Gasteiger partial charge in [-0.05, 0) is 72.3 Å². The molecular formula is C38H59N3O3S. The van der Waals surface area contributed by atoms with Crippen molar-refractivity contribution in [3.63, 3.8) is 0 Å². The Morgan fingerprint density at radius 1 is 1.00 bits per heavy atom. The summed E-state index contributed by atoms with van der Waals surface area (Å²) in [7, 11) is 0. The van der Waals surface area contributed by atoms with Crippen molar-refractivity contribution in [1.82, 2.24) is 15.2 Å². The number of nitrogens with zero attached hydrogens (tertiary/aromatic N) is 2. The highest BCUT2D eigenvalue weighted by molar-refractivity contribution is 7.13. The highest BCUT2D eigenvalue weighted by Gasteiger charge is 2.51. The van der Waals surface area contributed by atoms with Crippen molar-refractivity contribution in [3.8, 4) is 10.4 Å². The Bertz CT molecular complexity index is 1320. The summed E-state index contributed by atoms with van der Waals surface area (Å²) >= 11 is 1.62. The predicted octanol–water partition coefficient (Wildman–Crippen LogP) is 8.72. The van der Waals surface area contributed by atoms with Crippen LogP contribution in [0, 0.1) is 34.5 Å². The monoisotopic (exact) mass is 637 g/mol. The van der Waals surface area contributed by atoms with Crippen LogP contribution in [0.1, 0.15) is 131 Å². The van der Waals surface area contributed by atoms with E-state index in [4.69, 9.17) is 0 Å². The van der Waals surface area contributed by atoms with Crippen molar-refractivity contribution in [2.24, 2.45) is 27.6 Å². The molecule has 0 bridgehead atoms. The Balaban J connectivity index is 1.52. The molecule has 2 heterocycles. The van der Waals surface area contributed by atoms with Gasteiger partial charge >= 0.3 is 0 Å². The smallest absolute Gasteiger partial charge is 0.243 e. The molecular weight excluding hydrogens is 579 g/mol. The first-order valence-corrected chi connectivity index (χ1v) is 18.0. The molecule has 250 valence electrons. The number of amides is 2. The standard InChI is InChI=1S/C38H59N3O3S/c1-25(27-14-16-28(17-15-27)31-26(2)39-24-45-31)40-33(43)30-22-29(42)23-41(30)34(44)32(35(3,4)5)37(9)18-11-12-20-38(10,21-13-19-37)36(6,7)8/h14-17,24-25,29-30,32,42H,11-13,18-23H2,1-10H3,(H,40,43)/t25-,29+,30-,32?,37?,38?/m0/s1. The number of carbonyl (C=O) groups excluding carboxylic acids is 2. The van der Waals surface area contributed by atoms with E-state index in [1.807, 2.05) is 31.5 Å². The van der Waals surface area contributed by atoms with Crippen LogP contribution in [-0.2, 0) is 9.59 Å². The molecule has 0 spiro atoms. The van der Waals surface area contributed by atoms with Gasteiger partial charge in [0.1, 0.15) is 6.04 Å². The molecule has 1 aromatic carbocycles. The maximum Gasteiger partial charge on any atom is 0.243 e. The van der Waals surface area contributed by atoms with Crippen LogP contribution in [0.25, 0.3) is 10.4 Å². The normalized spacial score (nSPS) is 28.1. The summed E-state index contributed by atoms with van der Waals surface area (Å²) in [6.45, 7) is 22.6. The van der Waals surface area contributed by atoms with Crippen molar-refractivity contribution in [2.45, 2.75) is 139 Å². The zero-order valence-electron chi connectivity index (χ0n) is 29.6. The van der Waals surface area contributed by atoms with Gasteiger partial charge < -0.3 is 15.3 Å². The summed E-state index contributed by atoms with van der Waals surface area (Å²) < 4.78 is 0. The van der Waals surface area contributed by atoms with E-state index in [2.05, 4.69) is 77.8 Å². The fourth-order valence-corrected chi connectivity index (χ4v) is 9.11. The maximum absolute atomic E-state index is 14.7. The fraction of sp³-hybridized carbons (Fsp3) is 0.711. The lowest BCUT2D eigenvalue weighted by Gasteiger charge is -2.47. The van der Waals surface area contributed by atoms with Gasteiger partial charge in [-0.15, -0.1) is 11.3 Å². The number of aliphatic hydroxyl groups excluding tert-OH is 1. The summed E-state index contributed by atoms with van der Waals surface area (Å²) in [6, 6.07) is 7.33. The van der Waals surface area contributed by atoms with Crippen LogP contribution >= 0.6 is 11.3 Å². The number of nitrogens with one attached hydrogen (secondary N) is 1. The first-order chi connectivity index (χ1) is 20.9. The summed E-state index contributed by atoms with van der Waals surface area (Å²) in [5.74, 6) is -0.413. The first kappa shape index (κ1) is 35.6. The predicted molar refractivity (Wildman–Crippen MR) is 186 cm³/mol. The number of benzene rings is 1. The Hall–Kier alpha value is -2.25. The molecule has 1 saturated carbocycles. The van der Waals surface area contributed by atoms with E-state index in [0.717, 1.165) is 53.8 Å². The van der Waals surface area contributed by atoms with E-state index >= 15 is 0 Å². The molecule has 1 aromatic heterocycles. The van der Waals surface area contributed by atoms with Crippen LogP contribution in [0.5, 0.6) is 0 Å². The number of carbonyl (C=O) groups is 2. The molecule has 2 aliphatic rings. The Labute approximate surface area is 276 Å². The van der Waals surface area contributed by atoms with E-state index in [0.29, 0.717) is 0 Å². The minimum atomic E-state index is -0.705. The minimum absolute atomic E-state index is 0.0245. The molecule has 1 aliphatic heterocycles. The van der Waals surface area contributed by atoms with Gasteiger partial charge in [-0.2, -0.15) is 0 Å². The third-order valence-corrected chi connectivity index (χ3v) is 12.4. The summed E-state index contributed by atoms with van der Waals surface area (Å²) in [6.07, 6.45) is 7.30. The molecule has 0 radical (unpaired) electrons. The van der Waals surface area contributed by atoms with E-state index in [1.165, 1.54) is 12.8 Å². The number of hydrogen-bond acceptors (Lipinski definition) is 5. The Morgan fingerprint density at radius 2 is 1.60 bits per heavy atom. The highest BCUT2D eigenvalue weighted by Crippen LogP contribution is 2.53. The lowest BCUT2D eigenvalue weighted by molar-refractivity contribution is -0.151. The molecule has 2 N–H and O–H groups in total. The quantitative estimate of drug-likeness (QED) is 0.332. The van der Waals surface area contributed by atoms with Gasteiger partial charge in [-0.1, -0.05) is 98.9 Å². The van der Waals surface area contributed by atoms with Gasteiger partial charge in [0.25, 0.3) is 0 Å². The van der Waals surface area contributed by atoms with Crippen LogP contribution in [0.3, 0.4) is 0 Å². The molecule has 7 heteroatoms. The Morgan fingerprint density at radius 3 is 2.18 bits per heavy atom.